The van der Waals surface area contributed by atoms with E-state index in [1.807, 2.05) is 48.5 Å². The third-order valence-electron chi connectivity index (χ3n) is 4.42. The fraction of sp³-hybridized carbons (Fsp3) is 0.0500. The quantitative estimate of drug-likeness (QED) is 0.474. The van der Waals surface area contributed by atoms with E-state index in [0.29, 0.717) is 29.4 Å². The van der Waals surface area contributed by atoms with Gasteiger partial charge in [0.1, 0.15) is 0 Å². The van der Waals surface area contributed by atoms with Crippen LogP contribution in [0.2, 0.25) is 0 Å². The van der Waals surface area contributed by atoms with Crippen molar-refractivity contribution in [3.63, 3.8) is 0 Å². The summed E-state index contributed by atoms with van der Waals surface area (Å²) in [5, 5.41) is 11.6. The number of nitrogens with zero attached hydrogens (tertiary/aromatic N) is 6. The molecular formula is C20H16N8O. The molecular weight excluding hydrogens is 368 g/mol. The molecule has 0 bridgehead atoms. The molecule has 0 aliphatic heterocycles. The van der Waals surface area contributed by atoms with Crippen molar-refractivity contribution in [2.45, 2.75) is 6.54 Å². The Bertz CT molecular complexity index is 1280. The Morgan fingerprint density at radius 3 is 2.86 bits per heavy atom. The number of hydrogen-bond donors (Lipinski definition) is 2. The van der Waals surface area contributed by atoms with Crippen LogP contribution in [0, 0.1) is 0 Å². The molecule has 5 rings (SSSR count). The second-order valence-electron chi connectivity index (χ2n) is 6.35. The first-order valence-electron chi connectivity index (χ1n) is 8.94. The SMILES string of the molecule is NCc1cccc(-n2nnc3cnc(Nc4cccc(-c5cnco5)c4)nc32)c1. The van der Waals surface area contributed by atoms with E-state index in [2.05, 4.69) is 30.6 Å². The lowest BCUT2D eigenvalue weighted by Gasteiger charge is -2.07. The predicted molar refractivity (Wildman–Crippen MR) is 108 cm³/mol. The van der Waals surface area contributed by atoms with Crippen LogP contribution in [0.1, 0.15) is 5.56 Å². The predicted octanol–water partition coefficient (Wildman–Crippen LogP) is 3.07. The van der Waals surface area contributed by atoms with Gasteiger partial charge in [-0.25, -0.2) is 9.97 Å². The van der Waals surface area contributed by atoms with Crippen molar-refractivity contribution in [2.75, 3.05) is 5.32 Å². The molecule has 0 spiro atoms. The molecule has 3 aromatic heterocycles. The van der Waals surface area contributed by atoms with Crippen LogP contribution in [0.3, 0.4) is 0 Å². The van der Waals surface area contributed by atoms with E-state index in [1.165, 1.54) is 6.39 Å². The largest absolute Gasteiger partial charge is 0.444 e. The average Bonchev–Trinajstić information content (AvgIpc) is 3.44. The molecule has 0 atom stereocenters. The van der Waals surface area contributed by atoms with Crippen LogP contribution in [0.4, 0.5) is 11.6 Å². The summed E-state index contributed by atoms with van der Waals surface area (Å²) in [6.07, 6.45) is 4.71. The number of aromatic nitrogens is 6. The molecule has 0 fully saturated rings. The number of anilines is 2. The molecule has 2 aromatic carbocycles. The third kappa shape index (κ3) is 3.30. The van der Waals surface area contributed by atoms with Crippen LogP contribution in [0.5, 0.6) is 0 Å². The minimum Gasteiger partial charge on any atom is -0.444 e. The molecule has 9 nitrogen and oxygen atoms in total. The summed E-state index contributed by atoms with van der Waals surface area (Å²) >= 11 is 0. The second kappa shape index (κ2) is 7.13. The Labute approximate surface area is 165 Å². The molecule has 0 radical (unpaired) electrons. The molecule has 3 N–H and O–H groups in total. The number of nitrogens with one attached hydrogen (secondary N) is 1. The maximum Gasteiger partial charge on any atom is 0.229 e. The number of rotatable bonds is 5. The van der Waals surface area contributed by atoms with Gasteiger partial charge in [0, 0.05) is 17.8 Å². The molecule has 5 aromatic rings. The first kappa shape index (κ1) is 17.0. The van der Waals surface area contributed by atoms with Crippen molar-refractivity contribution in [3.8, 4) is 17.0 Å². The summed E-state index contributed by atoms with van der Waals surface area (Å²) in [7, 11) is 0. The Kier molecular flexibility index (Phi) is 4.19. The first-order chi connectivity index (χ1) is 14.3. The summed E-state index contributed by atoms with van der Waals surface area (Å²) in [6.45, 7) is 0.448. The fourth-order valence-corrected chi connectivity index (χ4v) is 3.02. The zero-order valence-electron chi connectivity index (χ0n) is 15.2. The standard InChI is InChI=1S/C20H16N8O/c21-9-13-3-1-6-16(7-13)28-19-17(26-27-28)10-23-20(25-19)24-15-5-2-4-14(8-15)18-11-22-12-29-18/h1-8,10-12H,9,21H2,(H,23,24,25). The summed E-state index contributed by atoms with van der Waals surface area (Å²) < 4.78 is 7.03. The molecule has 0 aliphatic carbocycles. The lowest BCUT2D eigenvalue weighted by molar-refractivity contribution is 0.572. The van der Waals surface area contributed by atoms with Gasteiger partial charge < -0.3 is 15.5 Å². The molecule has 3 heterocycles. The molecule has 0 aliphatic rings. The van der Waals surface area contributed by atoms with E-state index in [4.69, 9.17) is 10.2 Å². The van der Waals surface area contributed by atoms with Crippen molar-refractivity contribution in [3.05, 3.63) is 72.9 Å². The number of oxazole rings is 1. The van der Waals surface area contributed by atoms with Crippen LogP contribution in [-0.4, -0.2) is 29.9 Å². The van der Waals surface area contributed by atoms with E-state index < -0.39 is 0 Å². The highest BCUT2D eigenvalue weighted by atomic mass is 16.3. The molecule has 0 saturated carbocycles. The van der Waals surface area contributed by atoms with Crippen molar-refractivity contribution >= 4 is 22.8 Å². The lowest BCUT2D eigenvalue weighted by atomic mass is 10.1. The maximum atomic E-state index is 5.75. The van der Waals surface area contributed by atoms with Gasteiger partial charge in [-0.05, 0) is 29.8 Å². The number of nitrogens with two attached hydrogens (primary N) is 1. The van der Waals surface area contributed by atoms with E-state index >= 15 is 0 Å². The molecule has 0 amide bonds. The Balaban J connectivity index is 1.50. The highest BCUT2D eigenvalue weighted by Gasteiger charge is 2.11. The summed E-state index contributed by atoms with van der Waals surface area (Å²) in [5.41, 5.74) is 10.5. The summed E-state index contributed by atoms with van der Waals surface area (Å²) in [6, 6.07) is 15.5. The van der Waals surface area contributed by atoms with Gasteiger partial charge in [0.2, 0.25) is 5.95 Å². The lowest BCUT2D eigenvalue weighted by Crippen LogP contribution is -2.03. The highest BCUT2D eigenvalue weighted by molar-refractivity contribution is 5.73. The van der Waals surface area contributed by atoms with Gasteiger partial charge in [-0.15, -0.1) is 5.10 Å². The number of fused-ring (bicyclic) bond motifs is 1. The minimum atomic E-state index is 0.436. The monoisotopic (exact) mass is 384 g/mol. The molecule has 142 valence electrons. The van der Waals surface area contributed by atoms with Crippen LogP contribution in [-0.2, 0) is 6.54 Å². The van der Waals surface area contributed by atoms with Crippen LogP contribution in [0.25, 0.3) is 28.2 Å². The average molecular weight is 384 g/mol. The highest BCUT2D eigenvalue weighted by Crippen LogP contribution is 2.24. The van der Waals surface area contributed by atoms with Gasteiger partial charge in [0.15, 0.2) is 23.3 Å². The van der Waals surface area contributed by atoms with Crippen molar-refractivity contribution < 1.29 is 4.42 Å². The van der Waals surface area contributed by atoms with Crippen LogP contribution < -0.4 is 11.1 Å². The van der Waals surface area contributed by atoms with Crippen LogP contribution in [0.15, 0.2) is 71.7 Å². The second-order valence-corrected chi connectivity index (χ2v) is 6.35. The van der Waals surface area contributed by atoms with Gasteiger partial charge in [0.25, 0.3) is 0 Å². The minimum absolute atomic E-state index is 0.436. The number of hydrogen-bond acceptors (Lipinski definition) is 8. The topological polar surface area (TPSA) is 121 Å². The summed E-state index contributed by atoms with van der Waals surface area (Å²) in [5.74, 6) is 1.12. The van der Waals surface area contributed by atoms with Crippen molar-refractivity contribution in [1.29, 1.82) is 0 Å². The van der Waals surface area contributed by atoms with Crippen LogP contribution >= 0.6 is 0 Å². The van der Waals surface area contributed by atoms with Gasteiger partial charge in [0.05, 0.1) is 18.1 Å². The van der Waals surface area contributed by atoms with Gasteiger partial charge >= 0.3 is 0 Å². The normalized spacial score (nSPS) is 11.1. The van der Waals surface area contributed by atoms with Crippen molar-refractivity contribution in [2.24, 2.45) is 5.73 Å². The van der Waals surface area contributed by atoms with E-state index in [9.17, 15) is 0 Å². The molecule has 0 saturated heterocycles. The third-order valence-corrected chi connectivity index (χ3v) is 4.42. The Morgan fingerprint density at radius 1 is 1.07 bits per heavy atom. The van der Waals surface area contributed by atoms with Gasteiger partial charge in [-0.1, -0.05) is 29.5 Å². The van der Waals surface area contributed by atoms with Gasteiger partial charge in [-0.2, -0.15) is 9.67 Å². The van der Waals surface area contributed by atoms with E-state index in [0.717, 1.165) is 22.5 Å². The fourth-order valence-electron chi connectivity index (χ4n) is 3.02. The number of benzene rings is 2. The maximum absolute atomic E-state index is 5.75. The van der Waals surface area contributed by atoms with Crippen molar-refractivity contribution in [1.82, 2.24) is 29.9 Å². The zero-order chi connectivity index (χ0) is 19.6. The Morgan fingerprint density at radius 2 is 2.00 bits per heavy atom. The van der Waals surface area contributed by atoms with E-state index in [-0.39, 0.29) is 0 Å². The zero-order valence-corrected chi connectivity index (χ0v) is 15.2. The first-order valence-corrected chi connectivity index (χ1v) is 8.94. The van der Waals surface area contributed by atoms with E-state index in [1.54, 1.807) is 17.1 Å². The van der Waals surface area contributed by atoms with Gasteiger partial charge in [-0.3, -0.25) is 0 Å². The molecule has 9 heteroatoms. The Hall–Kier alpha value is -4.11. The molecule has 29 heavy (non-hydrogen) atoms. The smallest absolute Gasteiger partial charge is 0.229 e. The molecule has 0 unspecified atom stereocenters. The summed E-state index contributed by atoms with van der Waals surface area (Å²) in [4.78, 5) is 12.9.